The third kappa shape index (κ3) is 3.42. The average molecular weight is 285 g/mol. The van der Waals surface area contributed by atoms with Crippen LogP contribution in [-0.4, -0.2) is 6.04 Å². The van der Waals surface area contributed by atoms with E-state index in [1.165, 1.54) is 18.4 Å². The van der Waals surface area contributed by atoms with Gasteiger partial charge in [-0.1, -0.05) is 66.1 Å². The first-order chi connectivity index (χ1) is 10.2. The van der Waals surface area contributed by atoms with Gasteiger partial charge < -0.3 is 0 Å². The van der Waals surface area contributed by atoms with Gasteiger partial charge in [0, 0.05) is 11.3 Å². The van der Waals surface area contributed by atoms with Gasteiger partial charge in [-0.2, -0.15) is 4.91 Å². The Labute approximate surface area is 128 Å². The summed E-state index contributed by atoms with van der Waals surface area (Å²) in [5.74, 6) is 0.624. The van der Waals surface area contributed by atoms with Crippen LogP contribution in [0.3, 0.4) is 0 Å². The monoisotopic (exact) mass is 285 g/mol. The van der Waals surface area contributed by atoms with Crippen LogP contribution in [0.1, 0.15) is 52.9 Å². The smallest absolute Gasteiger partial charge is 0.107 e. The van der Waals surface area contributed by atoms with Crippen molar-refractivity contribution in [2.75, 3.05) is 0 Å². The maximum Gasteiger partial charge on any atom is 0.107 e. The first-order valence-corrected chi connectivity index (χ1v) is 8.21. The molecule has 2 nitrogen and oxygen atoms in total. The third-order valence-electron chi connectivity index (χ3n) is 4.72. The molecule has 0 spiro atoms. The predicted octanol–water partition coefficient (Wildman–Crippen LogP) is 5.73. The van der Waals surface area contributed by atoms with E-state index in [0.29, 0.717) is 11.3 Å². The van der Waals surface area contributed by atoms with E-state index >= 15 is 0 Å². The van der Waals surface area contributed by atoms with Crippen molar-refractivity contribution in [3.8, 4) is 0 Å². The van der Waals surface area contributed by atoms with Crippen molar-refractivity contribution in [3.05, 3.63) is 52.5 Å². The number of rotatable bonds is 6. The molecule has 0 aliphatic heterocycles. The summed E-state index contributed by atoms with van der Waals surface area (Å²) in [7, 11) is 0. The third-order valence-corrected chi connectivity index (χ3v) is 4.72. The zero-order valence-corrected chi connectivity index (χ0v) is 13.5. The highest BCUT2D eigenvalue weighted by Gasteiger charge is 2.56. The lowest BCUT2D eigenvalue weighted by atomic mass is 9.86. The minimum atomic E-state index is -0.237. The van der Waals surface area contributed by atoms with Crippen molar-refractivity contribution in [2.24, 2.45) is 16.5 Å². The van der Waals surface area contributed by atoms with Crippen LogP contribution in [-0.2, 0) is 0 Å². The van der Waals surface area contributed by atoms with Gasteiger partial charge in [-0.05, 0) is 39.5 Å². The van der Waals surface area contributed by atoms with Gasteiger partial charge in [0.05, 0.1) is 0 Å². The predicted molar refractivity (Wildman–Crippen MR) is 90.1 cm³/mol. The van der Waals surface area contributed by atoms with Crippen LogP contribution in [0, 0.1) is 16.2 Å². The van der Waals surface area contributed by atoms with E-state index in [0.717, 1.165) is 19.3 Å². The van der Waals surface area contributed by atoms with Crippen molar-refractivity contribution < 1.29 is 0 Å². The molecule has 114 valence electrons. The van der Waals surface area contributed by atoms with Crippen LogP contribution < -0.4 is 0 Å². The number of fused-ring (bicyclic) bond motifs is 1. The molecule has 0 radical (unpaired) electrons. The molecule has 1 saturated carbocycles. The largest absolute Gasteiger partial charge is 0.150 e. The van der Waals surface area contributed by atoms with Crippen LogP contribution >= 0.6 is 0 Å². The second-order valence-corrected chi connectivity index (χ2v) is 6.31. The fourth-order valence-electron chi connectivity index (χ4n) is 3.70. The molecule has 1 fully saturated rings. The fourth-order valence-corrected chi connectivity index (χ4v) is 3.70. The lowest BCUT2D eigenvalue weighted by Gasteiger charge is -2.17. The average Bonchev–Trinajstić information content (AvgIpc) is 3.02. The Morgan fingerprint density at radius 2 is 2.19 bits per heavy atom. The summed E-state index contributed by atoms with van der Waals surface area (Å²) in [6, 6.07) is -0.237. The second-order valence-electron chi connectivity index (χ2n) is 6.31. The Bertz CT molecular complexity index is 498. The molecule has 3 unspecified atom stereocenters. The molecule has 0 aromatic rings. The van der Waals surface area contributed by atoms with E-state index in [2.05, 4.69) is 49.4 Å². The van der Waals surface area contributed by atoms with Gasteiger partial charge in [0.2, 0.25) is 0 Å². The number of nitrogens with zero attached hydrogens (tertiary/aromatic N) is 1. The highest BCUT2D eigenvalue weighted by molar-refractivity contribution is 5.46. The van der Waals surface area contributed by atoms with Gasteiger partial charge in [-0.3, -0.25) is 0 Å². The molecule has 0 heterocycles. The van der Waals surface area contributed by atoms with Crippen molar-refractivity contribution in [2.45, 2.75) is 58.9 Å². The molecule has 21 heavy (non-hydrogen) atoms. The quantitative estimate of drug-likeness (QED) is 0.453. The molecule has 0 N–H and O–H groups in total. The van der Waals surface area contributed by atoms with Crippen molar-refractivity contribution >= 4 is 0 Å². The summed E-state index contributed by atoms with van der Waals surface area (Å²) >= 11 is 0. The Hall–Kier alpha value is -1.44. The van der Waals surface area contributed by atoms with Gasteiger partial charge >= 0.3 is 0 Å². The maximum atomic E-state index is 10.5. The summed E-state index contributed by atoms with van der Waals surface area (Å²) in [6.07, 6.45) is 19.2. The van der Waals surface area contributed by atoms with Crippen molar-refractivity contribution in [1.82, 2.24) is 0 Å². The Kier molecular flexibility index (Phi) is 5.33. The van der Waals surface area contributed by atoms with Gasteiger partial charge in [-0.25, -0.2) is 0 Å². The van der Waals surface area contributed by atoms with E-state index in [1.54, 1.807) is 5.57 Å². The fraction of sp³-hybridized carbons (Fsp3) is 0.579. The van der Waals surface area contributed by atoms with Crippen LogP contribution in [0.15, 0.2) is 52.8 Å². The lowest BCUT2D eigenvalue weighted by Crippen LogP contribution is -2.06. The van der Waals surface area contributed by atoms with Crippen LogP contribution in [0.25, 0.3) is 0 Å². The molecule has 3 atom stereocenters. The van der Waals surface area contributed by atoms with Crippen molar-refractivity contribution in [3.63, 3.8) is 0 Å². The number of allylic oxidation sites excluding steroid dienone is 7. The molecule has 2 rings (SSSR count). The maximum absolute atomic E-state index is 10.5. The second kappa shape index (κ2) is 7.02. The number of hydrogen-bond donors (Lipinski definition) is 0. The number of hydrogen-bond acceptors (Lipinski definition) is 2. The molecule has 0 amide bonds. The molecular weight excluding hydrogens is 258 g/mol. The molecular formula is C19H27NO. The van der Waals surface area contributed by atoms with Crippen LogP contribution in [0.5, 0.6) is 0 Å². The molecule has 0 bridgehead atoms. The standard InChI is InChI=1S/C19H27NO/c1-4-8-17-18-10-7-6-9-16(12-11-15(3)20-21)14-19(17,18)13-5-2/h4,8-12,15,17H,5-7,13-14H2,1-3H3/b8-4-,12-11-,16-9?,18-10?. The van der Waals surface area contributed by atoms with E-state index in [4.69, 9.17) is 0 Å². The van der Waals surface area contributed by atoms with Gasteiger partial charge in [0.15, 0.2) is 0 Å². The van der Waals surface area contributed by atoms with E-state index in [-0.39, 0.29) is 6.04 Å². The van der Waals surface area contributed by atoms with Gasteiger partial charge in [0.1, 0.15) is 6.04 Å². The molecule has 0 saturated heterocycles. The van der Waals surface area contributed by atoms with Crippen LogP contribution in [0.4, 0.5) is 0 Å². The zero-order chi connectivity index (χ0) is 15.3. The highest BCUT2D eigenvalue weighted by atomic mass is 16.3. The van der Waals surface area contributed by atoms with Gasteiger partial charge in [0.25, 0.3) is 0 Å². The molecule has 0 aromatic heterocycles. The lowest BCUT2D eigenvalue weighted by molar-refractivity contribution is 0.447. The van der Waals surface area contributed by atoms with Crippen molar-refractivity contribution in [1.29, 1.82) is 0 Å². The van der Waals surface area contributed by atoms with E-state index < -0.39 is 0 Å². The first-order valence-electron chi connectivity index (χ1n) is 8.21. The highest BCUT2D eigenvalue weighted by Crippen LogP contribution is 2.66. The zero-order valence-electron chi connectivity index (χ0n) is 13.5. The topological polar surface area (TPSA) is 29.4 Å². The summed E-state index contributed by atoms with van der Waals surface area (Å²) in [4.78, 5) is 10.5. The summed E-state index contributed by atoms with van der Waals surface area (Å²) in [5.41, 5.74) is 3.36. The Morgan fingerprint density at radius 1 is 1.43 bits per heavy atom. The number of nitroso groups, excluding NO2 is 1. The minimum absolute atomic E-state index is 0.237. The summed E-state index contributed by atoms with van der Waals surface area (Å²) in [6.45, 7) is 6.22. The van der Waals surface area contributed by atoms with E-state index in [1.807, 2.05) is 13.0 Å². The summed E-state index contributed by atoms with van der Waals surface area (Å²) < 4.78 is 0. The minimum Gasteiger partial charge on any atom is -0.150 e. The van der Waals surface area contributed by atoms with E-state index in [9.17, 15) is 4.91 Å². The SMILES string of the molecule is C/C=C\C1C2=CCCC=C(/C=C\C(C)N=O)CC21CCC. The molecule has 2 heteroatoms. The summed E-state index contributed by atoms with van der Waals surface area (Å²) in [5, 5.41) is 3.06. The van der Waals surface area contributed by atoms with Gasteiger partial charge in [-0.15, -0.1) is 0 Å². The molecule has 2 aliphatic carbocycles. The van der Waals surface area contributed by atoms with Crippen LogP contribution in [0.2, 0.25) is 0 Å². The normalized spacial score (nSPS) is 30.3. The Morgan fingerprint density at radius 3 is 2.86 bits per heavy atom. The molecule has 2 aliphatic rings. The molecule has 0 aromatic carbocycles. The first kappa shape index (κ1) is 15.9. The Balaban J connectivity index is 2.21.